The average Bonchev–Trinajstić information content (AvgIpc) is 3.46. The molecule has 0 saturated carbocycles. The van der Waals surface area contributed by atoms with E-state index in [1.807, 2.05) is 37.3 Å². The Bertz CT molecular complexity index is 1340. The molecule has 3 amide bonds. The van der Waals surface area contributed by atoms with Gasteiger partial charge in [-0.1, -0.05) is 24.3 Å². The van der Waals surface area contributed by atoms with E-state index < -0.39 is 0 Å². The number of carbonyl (C=O) groups excluding carboxylic acids is 3. The van der Waals surface area contributed by atoms with Crippen LogP contribution in [-0.4, -0.2) is 30.8 Å². The van der Waals surface area contributed by atoms with Crippen molar-refractivity contribution in [2.24, 2.45) is 0 Å². The molecular weight excluding hydrogens is 468 g/mol. The maximum absolute atomic E-state index is 13.1. The summed E-state index contributed by atoms with van der Waals surface area (Å²) in [6, 6.07) is 26.7. The highest BCUT2D eigenvalue weighted by Crippen LogP contribution is 2.19. The van der Waals surface area contributed by atoms with Crippen molar-refractivity contribution in [1.29, 1.82) is 0 Å². The zero-order chi connectivity index (χ0) is 26.0. The van der Waals surface area contributed by atoms with Gasteiger partial charge in [-0.25, -0.2) is 0 Å². The number of benzene rings is 3. The molecule has 3 N–H and O–H groups in total. The van der Waals surface area contributed by atoms with Crippen molar-refractivity contribution in [2.75, 3.05) is 28.6 Å². The summed E-state index contributed by atoms with van der Waals surface area (Å²) in [4.78, 5) is 39.5. The van der Waals surface area contributed by atoms with Gasteiger partial charge in [0.15, 0.2) is 0 Å². The number of amides is 3. The van der Waals surface area contributed by atoms with E-state index in [-0.39, 0.29) is 24.3 Å². The van der Waals surface area contributed by atoms with E-state index in [1.165, 1.54) is 0 Å². The largest absolute Gasteiger partial charge is 0.467 e. The van der Waals surface area contributed by atoms with Gasteiger partial charge >= 0.3 is 0 Å². The van der Waals surface area contributed by atoms with Gasteiger partial charge in [-0.15, -0.1) is 0 Å². The van der Waals surface area contributed by atoms with Crippen LogP contribution in [0.25, 0.3) is 0 Å². The first-order chi connectivity index (χ1) is 18.0. The Kier molecular flexibility index (Phi) is 8.33. The van der Waals surface area contributed by atoms with Crippen molar-refractivity contribution in [3.05, 3.63) is 114 Å². The summed E-state index contributed by atoms with van der Waals surface area (Å²) in [5.74, 6) is 0.0547. The average molecular weight is 497 g/mol. The van der Waals surface area contributed by atoms with Crippen molar-refractivity contribution >= 4 is 34.8 Å². The maximum Gasteiger partial charge on any atom is 0.258 e. The number of anilines is 3. The molecule has 1 aromatic heterocycles. The molecule has 0 saturated heterocycles. The second-order valence-corrected chi connectivity index (χ2v) is 8.21. The maximum atomic E-state index is 13.1. The van der Waals surface area contributed by atoms with Crippen LogP contribution < -0.4 is 20.9 Å². The predicted octanol–water partition coefficient (Wildman–Crippen LogP) is 4.93. The molecule has 8 heteroatoms. The van der Waals surface area contributed by atoms with Crippen LogP contribution in [0, 0.1) is 0 Å². The fourth-order valence-corrected chi connectivity index (χ4v) is 3.74. The van der Waals surface area contributed by atoms with Gasteiger partial charge in [-0.05, 0) is 73.7 Å². The number of para-hydroxylation sites is 1. The summed E-state index contributed by atoms with van der Waals surface area (Å²) in [6.45, 7) is 2.77. The van der Waals surface area contributed by atoms with Crippen LogP contribution in [0.5, 0.6) is 0 Å². The Morgan fingerprint density at radius 3 is 2.30 bits per heavy atom. The number of rotatable bonds is 10. The van der Waals surface area contributed by atoms with Gasteiger partial charge in [-0.2, -0.15) is 0 Å². The molecule has 0 bridgehead atoms. The molecule has 0 spiro atoms. The van der Waals surface area contributed by atoms with Crippen LogP contribution in [0.1, 0.15) is 33.4 Å². The highest BCUT2D eigenvalue weighted by molar-refractivity contribution is 6.06. The summed E-state index contributed by atoms with van der Waals surface area (Å²) in [5.41, 5.74) is 3.06. The van der Waals surface area contributed by atoms with E-state index in [1.54, 1.807) is 71.8 Å². The molecule has 4 aromatic rings. The number of nitrogens with one attached hydrogen (secondary N) is 3. The number of hydrogen-bond acceptors (Lipinski definition) is 5. The van der Waals surface area contributed by atoms with Gasteiger partial charge in [0, 0.05) is 34.7 Å². The minimum Gasteiger partial charge on any atom is -0.467 e. The molecule has 0 aliphatic heterocycles. The molecule has 3 aromatic carbocycles. The SMILES string of the molecule is CCN(C(=O)c1cccc(NCC(=O)Nc2ccc(C(=O)NCc3ccco3)cc2)c1)c1ccccc1. The van der Waals surface area contributed by atoms with Gasteiger partial charge in [0.05, 0.1) is 19.4 Å². The second kappa shape index (κ2) is 12.2. The molecule has 0 fully saturated rings. The van der Waals surface area contributed by atoms with Crippen molar-refractivity contribution in [3.8, 4) is 0 Å². The quantitative estimate of drug-likeness (QED) is 0.289. The van der Waals surface area contributed by atoms with E-state index in [4.69, 9.17) is 4.42 Å². The molecule has 0 unspecified atom stereocenters. The summed E-state index contributed by atoms with van der Waals surface area (Å²) in [7, 11) is 0. The fraction of sp³-hybridized carbons (Fsp3) is 0.138. The Hall–Kier alpha value is -4.85. The third kappa shape index (κ3) is 6.85. The molecule has 4 rings (SSSR count). The van der Waals surface area contributed by atoms with Gasteiger partial charge in [0.25, 0.3) is 11.8 Å². The van der Waals surface area contributed by atoms with Crippen molar-refractivity contribution < 1.29 is 18.8 Å². The predicted molar refractivity (Wildman–Crippen MR) is 144 cm³/mol. The van der Waals surface area contributed by atoms with E-state index in [0.29, 0.717) is 41.4 Å². The second-order valence-electron chi connectivity index (χ2n) is 8.21. The molecule has 0 aliphatic carbocycles. The Morgan fingerprint density at radius 2 is 1.59 bits per heavy atom. The summed E-state index contributed by atoms with van der Waals surface area (Å²) in [5, 5.41) is 8.63. The van der Waals surface area contributed by atoms with Gasteiger partial charge < -0.3 is 25.3 Å². The third-order valence-corrected chi connectivity index (χ3v) is 5.63. The van der Waals surface area contributed by atoms with Crippen LogP contribution in [0.4, 0.5) is 17.1 Å². The minimum atomic E-state index is -0.258. The lowest BCUT2D eigenvalue weighted by Gasteiger charge is -2.21. The molecule has 37 heavy (non-hydrogen) atoms. The number of nitrogens with zero attached hydrogens (tertiary/aromatic N) is 1. The van der Waals surface area contributed by atoms with Gasteiger partial charge in [0.2, 0.25) is 5.91 Å². The van der Waals surface area contributed by atoms with Crippen LogP contribution >= 0.6 is 0 Å². The molecule has 0 atom stereocenters. The lowest BCUT2D eigenvalue weighted by atomic mass is 10.1. The number of hydrogen-bond donors (Lipinski definition) is 3. The van der Waals surface area contributed by atoms with Crippen LogP contribution in [0.2, 0.25) is 0 Å². The first-order valence-corrected chi connectivity index (χ1v) is 11.9. The molecule has 8 nitrogen and oxygen atoms in total. The zero-order valence-corrected chi connectivity index (χ0v) is 20.4. The van der Waals surface area contributed by atoms with Crippen molar-refractivity contribution in [3.63, 3.8) is 0 Å². The minimum absolute atomic E-state index is 0.0131. The van der Waals surface area contributed by atoms with E-state index in [0.717, 1.165) is 5.69 Å². The highest BCUT2D eigenvalue weighted by Gasteiger charge is 2.16. The van der Waals surface area contributed by atoms with E-state index in [2.05, 4.69) is 16.0 Å². The number of carbonyl (C=O) groups is 3. The van der Waals surface area contributed by atoms with Crippen LogP contribution in [0.3, 0.4) is 0 Å². The van der Waals surface area contributed by atoms with Crippen LogP contribution in [-0.2, 0) is 11.3 Å². The molecule has 188 valence electrons. The monoisotopic (exact) mass is 496 g/mol. The molecular formula is C29H28N4O4. The summed E-state index contributed by atoms with van der Waals surface area (Å²) in [6.07, 6.45) is 1.55. The Morgan fingerprint density at radius 1 is 0.811 bits per heavy atom. The fourth-order valence-electron chi connectivity index (χ4n) is 3.74. The first kappa shape index (κ1) is 25.2. The third-order valence-electron chi connectivity index (χ3n) is 5.63. The Balaban J connectivity index is 1.29. The lowest BCUT2D eigenvalue weighted by molar-refractivity contribution is -0.114. The number of furan rings is 1. The molecule has 1 heterocycles. The Labute approximate surface area is 215 Å². The first-order valence-electron chi connectivity index (χ1n) is 11.9. The normalized spacial score (nSPS) is 10.4. The van der Waals surface area contributed by atoms with Gasteiger partial charge in [0.1, 0.15) is 5.76 Å². The summed E-state index contributed by atoms with van der Waals surface area (Å²) >= 11 is 0. The van der Waals surface area contributed by atoms with E-state index in [9.17, 15) is 14.4 Å². The standard InChI is InChI=1S/C29H28N4O4/c1-2-33(25-10-4-3-5-11-25)29(36)22-8-6-9-24(18-22)30-20-27(34)32-23-15-13-21(14-16-23)28(35)31-19-26-12-7-17-37-26/h3-18,30H,2,19-20H2,1H3,(H,31,35)(H,32,34). The molecule has 0 radical (unpaired) electrons. The van der Waals surface area contributed by atoms with Crippen molar-refractivity contribution in [2.45, 2.75) is 13.5 Å². The highest BCUT2D eigenvalue weighted by atomic mass is 16.3. The van der Waals surface area contributed by atoms with Crippen molar-refractivity contribution in [1.82, 2.24) is 5.32 Å². The summed E-state index contributed by atoms with van der Waals surface area (Å²) < 4.78 is 5.20. The lowest BCUT2D eigenvalue weighted by Crippen LogP contribution is -2.30. The van der Waals surface area contributed by atoms with Gasteiger partial charge in [-0.3, -0.25) is 14.4 Å². The van der Waals surface area contributed by atoms with Crippen LogP contribution in [0.15, 0.2) is 102 Å². The molecule has 0 aliphatic rings. The smallest absolute Gasteiger partial charge is 0.258 e. The van der Waals surface area contributed by atoms with E-state index >= 15 is 0 Å². The zero-order valence-electron chi connectivity index (χ0n) is 20.4. The topological polar surface area (TPSA) is 104 Å².